The molecular weight excluding hydrogens is 389 g/mol. The first-order valence-corrected chi connectivity index (χ1v) is 9.23. The van der Waals surface area contributed by atoms with E-state index >= 15 is 0 Å². The van der Waals surface area contributed by atoms with Gasteiger partial charge in [0.25, 0.3) is 5.91 Å². The summed E-state index contributed by atoms with van der Waals surface area (Å²) in [5.74, 6) is 1.37. The largest absolute Gasteiger partial charge is 0.489 e. The second-order valence-corrected chi connectivity index (χ2v) is 6.68. The summed E-state index contributed by atoms with van der Waals surface area (Å²) in [7, 11) is 0. The molecule has 0 saturated carbocycles. The van der Waals surface area contributed by atoms with Gasteiger partial charge in [0.15, 0.2) is 17.3 Å². The van der Waals surface area contributed by atoms with Gasteiger partial charge in [0.1, 0.15) is 18.2 Å². The maximum absolute atomic E-state index is 13.8. The summed E-state index contributed by atoms with van der Waals surface area (Å²) in [5, 5.41) is 10.5. The van der Waals surface area contributed by atoms with E-state index in [2.05, 4.69) is 15.5 Å². The number of hydrogen-bond acceptors (Lipinski definition) is 5. The van der Waals surface area contributed by atoms with Crippen LogP contribution >= 0.6 is 0 Å². The van der Waals surface area contributed by atoms with Crippen molar-refractivity contribution in [2.24, 2.45) is 0 Å². The molecule has 0 radical (unpaired) electrons. The van der Waals surface area contributed by atoms with Gasteiger partial charge in [-0.25, -0.2) is 4.39 Å². The Labute approximate surface area is 170 Å². The van der Waals surface area contributed by atoms with Gasteiger partial charge in [-0.1, -0.05) is 18.2 Å². The Kier molecular flexibility index (Phi) is 4.44. The highest BCUT2D eigenvalue weighted by Gasteiger charge is 2.18. The number of anilines is 1. The maximum atomic E-state index is 13.8. The Hall–Kier alpha value is -4.07. The van der Waals surface area contributed by atoms with Gasteiger partial charge in [-0.2, -0.15) is 5.10 Å². The molecule has 3 aromatic carbocycles. The third-order valence-corrected chi connectivity index (χ3v) is 4.75. The van der Waals surface area contributed by atoms with E-state index in [-0.39, 0.29) is 25.1 Å². The van der Waals surface area contributed by atoms with Crippen molar-refractivity contribution in [1.29, 1.82) is 0 Å². The van der Waals surface area contributed by atoms with Crippen molar-refractivity contribution in [2.45, 2.75) is 6.61 Å². The average molecular weight is 405 g/mol. The standard InChI is InChI=1S/C22H16FN3O4/c23-17-4-2-1-3-14(17)11-28-15-6-7-18-16(10-15)21(26-25-18)24-22(27)13-5-8-19-20(9-13)30-12-29-19/h1-10H,11-12H2,(H2,24,25,26,27). The number of rotatable bonds is 5. The smallest absolute Gasteiger partial charge is 0.257 e. The van der Waals surface area contributed by atoms with Crippen molar-refractivity contribution in [2.75, 3.05) is 12.1 Å². The number of carbonyl (C=O) groups is 1. The fourth-order valence-electron chi connectivity index (χ4n) is 3.17. The molecule has 2 heterocycles. The van der Waals surface area contributed by atoms with Gasteiger partial charge in [-0.3, -0.25) is 9.89 Å². The molecule has 1 aromatic heterocycles. The number of aromatic nitrogens is 2. The lowest BCUT2D eigenvalue weighted by Crippen LogP contribution is -2.12. The zero-order chi connectivity index (χ0) is 20.5. The number of halogens is 1. The fourth-order valence-corrected chi connectivity index (χ4v) is 3.17. The van der Waals surface area contributed by atoms with Crippen molar-refractivity contribution >= 4 is 22.6 Å². The molecular formula is C22H16FN3O4. The number of aromatic amines is 1. The molecule has 0 unspecified atom stereocenters. The van der Waals surface area contributed by atoms with Crippen molar-refractivity contribution in [1.82, 2.24) is 10.2 Å². The summed E-state index contributed by atoms with van der Waals surface area (Å²) < 4.78 is 30.1. The van der Waals surface area contributed by atoms with Crippen molar-refractivity contribution in [3.63, 3.8) is 0 Å². The fraction of sp³-hybridized carbons (Fsp3) is 0.0909. The van der Waals surface area contributed by atoms with Gasteiger partial charge < -0.3 is 19.5 Å². The number of amides is 1. The lowest BCUT2D eigenvalue weighted by molar-refractivity contribution is 0.102. The van der Waals surface area contributed by atoms with E-state index in [0.29, 0.717) is 39.6 Å². The number of ether oxygens (including phenoxy) is 3. The molecule has 7 nitrogen and oxygen atoms in total. The number of nitrogens with zero attached hydrogens (tertiary/aromatic N) is 1. The van der Waals surface area contributed by atoms with E-state index in [1.54, 1.807) is 54.6 Å². The summed E-state index contributed by atoms with van der Waals surface area (Å²) in [6.07, 6.45) is 0. The maximum Gasteiger partial charge on any atom is 0.257 e. The third kappa shape index (κ3) is 3.39. The van der Waals surface area contributed by atoms with E-state index in [4.69, 9.17) is 14.2 Å². The number of carbonyl (C=O) groups excluding carboxylic acids is 1. The predicted octanol–water partition coefficient (Wildman–Crippen LogP) is 4.26. The van der Waals surface area contributed by atoms with E-state index < -0.39 is 0 Å². The minimum absolute atomic E-state index is 0.0922. The van der Waals surface area contributed by atoms with Crippen LogP contribution in [0.4, 0.5) is 10.2 Å². The Bertz CT molecular complexity index is 1250. The molecule has 30 heavy (non-hydrogen) atoms. The summed E-state index contributed by atoms with van der Waals surface area (Å²) in [5.41, 5.74) is 1.61. The van der Waals surface area contributed by atoms with Crippen LogP contribution in [0.5, 0.6) is 17.2 Å². The quantitative estimate of drug-likeness (QED) is 0.518. The van der Waals surface area contributed by atoms with Crippen LogP contribution in [-0.4, -0.2) is 22.9 Å². The zero-order valence-corrected chi connectivity index (χ0v) is 15.6. The molecule has 0 spiro atoms. The molecule has 0 saturated heterocycles. The minimum atomic E-state index is -0.334. The Balaban J connectivity index is 1.35. The highest BCUT2D eigenvalue weighted by atomic mass is 19.1. The van der Waals surface area contributed by atoms with Gasteiger partial charge in [-0.05, 0) is 42.5 Å². The van der Waals surface area contributed by atoms with Gasteiger partial charge in [0.2, 0.25) is 6.79 Å². The Morgan fingerprint density at radius 3 is 2.87 bits per heavy atom. The van der Waals surface area contributed by atoms with E-state index in [1.807, 2.05) is 0 Å². The van der Waals surface area contributed by atoms with Crippen LogP contribution in [0.25, 0.3) is 10.9 Å². The molecule has 1 aliphatic heterocycles. The minimum Gasteiger partial charge on any atom is -0.489 e. The van der Waals surface area contributed by atoms with Gasteiger partial charge in [0.05, 0.1) is 5.52 Å². The highest BCUT2D eigenvalue weighted by Crippen LogP contribution is 2.33. The highest BCUT2D eigenvalue weighted by molar-refractivity contribution is 6.08. The molecule has 1 aliphatic rings. The zero-order valence-electron chi connectivity index (χ0n) is 15.6. The summed E-state index contributed by atoms with van der Waals surface area (Å²) in [6, 6.07) is 16.7. The van der Waals surface area contributed by atoms with Crippen LogP contribution in [0.3, 0.4) is 0 Å². The second-order valence-electron chi connectivity index (χ2n) is 6.68. The second kappa shape index (κ2) is 7.40. The SMILES string of the molecule is O=C(Nc1n[nH]c2ccc(OCc3ccccc3F)cc12)c1ccc2c(c1)OCO2. The lowest BCUT2D eigenvalue weighted by atomic mass is 10.2. The molecule has 8 heteroatoms. The van der Waals surface area contributed by atoms with Gasteiger partial charge in [0, 0.05) is 16.5 Å². The van der Waals surface area contributed by atoms with Gasteiger partial charge in [-0.15, -0.1) is 0 Å². The Morgan fingerprint density at radius 2 is 1.97 bits per heavy atom. The van der Waals surface area contributed by atoms with E-state index in [9.17, 15) is 9.18 Å². The van der Waals surface area contributed by atoms with Gasteiger partial charge >= 0.3 is 0 Å². The number of hydrogen-bond donors (Lipinski definition) is 2. The van der Waals surface area contributed by atoms with Crippen LogP contribution < -0.4 is 19.5 Å². The first kappa shape index (κ1) is 18.0. The number of H-pyrrole nitrogens is 1. The molecule has 0 fully saturated rings. The number of nitrogens with one attached hydrogen (secondary N) is 2. The number of fused-ring (bicyclic) bond motifs is 2. The Morgan fingerprint density at radius 1 is 1.10 bits per heavy atom. The van der Waals surface area contributed by atoms with E-state index in [0.717, 1.165) is 5.52 Å². The normalized spacial score (nSPS) is 12.2. The van der Waals surface area contributed by atoms with Crippen LogP contribution in [0.2, 0.25) is 0 Å². The average Bonchev–Trinajstić information content (AvgIpc) is 3.39. The van der Waals surface area contributed by atoms with Crippen LogP contribution in [0, 0.1) is 5.82 Å². The molecule has 150 valence electrons. The first-order chi connectivity index (χ1) is 14.7. The van der Waals surface area contributed by atoms with Crippen molar-refractivity contribution < 1.29 is 23.4 Å². The predicted molar refractivity (Wildman–Crippen MR) is 107 cm³/mol. The molecule has 0 bridgehead atoms. The molecule has 2 N–H and O–H groups in total. The third-order valence-electron chi connectivity index (χ3n) is 4.75. The van der Waals surface area contributed by atoms with Crippen LogP contribution in [0.1, 0.15) is 15.9 Å². The van der Waals surface area contributed by atoms with Crippen LogP contribution in [0.15, 0.2) is 60.7 Å². The molecule has 1 amide bonds. The van der Waals surface area contributed by atoms with Crippen molar-refractivity contribution in [3.05, 3.63) is 77.6 Å². The molecule has 0 aliphatic carbocycles. The first-order valence-electron chi connectivity index (χ1n) is 9.23. The monoisotopic (exact) mass is 405 g/mol. The molecule has 0 atom stereocenters. The van der Waals surface area contributed by atoms with E-state index in [1.165, 1.54) is 6.07 Å². The molecule has 4 aromatic rings. The van der Waals surface area contributed by atoms with Crippen molar-refractivity contribution in [3.8, 4) is 17.2 Å². The summed E-state index contributed by atoms with van der Waals surface area (Å²) in [4.78, 5) is 12.7. The lowest BCUT2D eigenvalue weighted by Gasteiger charge is -2.08. The molecule has 5 rings (SSSR count). The topological polar surface area (TPSA) is 85.5 Å². The van der Waals surface area contributed by atoms with Crippen LogP contribution in [-0.2, 0) is 6.61 Å². The summed E-state index contributed by atoms with van der Waals surface area (Å²) >= 11 is 0. The number of benzene rings is 3. The summed E-state index contributed by atoms with van der Waals surface area (Å²) in [6.45, 7) is 0.231.